The van der Waals surface area contributed by atoms with Gasteiger partial charge in [-0.05, 0) is 113 Å². The van der Waals surface area contributed by atoms with E-state index in [-0.39, 0.29) is 11.6 Å². The van der Waals surface area contributed by atoms with Crippen molar-refractivity contribution in [3.05, 3.63) is 11.1 Å². The van der Waals surface area contributed by atoms with Gasteiger partial charge in [0.1, 0.15) is 0 Å². The van der Waals surface area contributed by atoms with Gasteiger partial charge < -0.3 is 10.1 Å². The maximum absolute atomic E-state index is 11.9. The van der Waals surface area contributed by atoms with Crippen LogP contribution in [-0.4, -0.2) is 45.0 Å². The number of rotatable bonds is 2. The largest absolute Gasteiger partial charge is 0.369 e. The van der Waals surface area contributed by atoms with Gasteiger partial charge in [0, 0.05) is 18.0 Å². The number of fused-ring (bicyclic) bond motifs is 6. The number of ether oxygens (including phenoxy) is 1. The number of hydrogen-bond acceptors (Lipinski definition) is 4. The maximum atomic E-state index is 11.9. The lowest BCUT2D eigenvalue weighted by molar-refractivity contribution is -0.0746. The second kappa shape index (κ2) is 8.54. The van der Waals surface area contributed by atoms with Gasteiger partial charge in [0.15, 0.2) is 0 Å². The molecule has 2 saturated heterocycles. The summed E-state index contributed by atoms with van der Waals surface area (Å²) < 4.78 is 33.7. The minimum absolute atomic E-state index is 0.0276. The third-order valence-electron chi connectivity index (χ3n) is 12.0. The van der Waals surface area contributed by atoms with E-state index in [0.717, 1.165) is 43.6 Å². The summed E-state index contributed by atoms with van der Waals surface area (Å²) in [6.45, 7) is 11.0. The van der Waals surface area contributed by atoms with Crippen LogP contribution < -0.4 is 10.0 Å². The molecule has 0 aromatic carbocycles. The minimum atomic E-state index is -3.13. The normalized spacial score (nSPS) is 52.0. The molecule has 2 heterocycles. The van der Waals surface area contributed by atoms with Crippen molar-refractivity contribution in [2.24, 2.45) is 40.9 Å². The number of piperidine rings is 1. The van der Waals surface area contributed by atoms with Gasteiger partial charge in [-0.3, -0.25) is 0 Å². The molecule has 2 aliphatic heterocycles. The van der Waals surface area contributed by atoms with E-state index >= 15 is 0 Å². The minimum Gasteiger partial charge on any atom is -0.369 e. The summed E-state index contributed by atoms with van der Waals surface area (Å²) in [6, 6.07) is 0.660. The molecule has 11 atom stereocenters. The molecule has 5 fully saturated rings. The van der Waals surface area contributed by atoms with Gasteiger partial charge in [-0.15, -0.1) is 0 Å². The standard InChI is InChI=1S/C29H48N2O3S/c1-17-12-26-27(30-16-17)19(3)29(34-26)11-9-22-23-7-6-20-13-21(31-35(5,32)33)8-10-28(20,4)25(23)14-24(22)18(2)15-29/h17,19-23,25-27,30-31H,6-16H2,1-5H3/t17-,19+,20+,21-,22-,23-,25-,26+,27-,28-,29?/m0/s1. The van der Waals surface area contributed by atoms with Gasteiger partial charge in [0.05, 0.1) is 18.0 Å². The fraction of sp³-hybridized carbons (Fsp3) is 0.931. The van der Waals surface area contributed by atoms with Crippen LogP contribution in [0, 0.1) is 40.9 Å². The summed E-state index contributed by atoms with van der Waals surface area (Å²) in [5.74, 6) is 4.28. The van der Waals surface area contributed by atoms with Crippen molar-refractivity contribution < 1.29 is 13.2 Å². The van der Waals surface area contributed by atoms with Crippen LogP contribution in [0.5, 0.6) is 0 Å². The van der Waals surface area contributed by atoms with Gasteiger partial charge in [-0.25, -0.2) is 13.1 Å². The molecular weight excluding hydrogens is 456 g/mol. The lowest BCUT2D eigenvalue weighted by atomic mass is 9.52. The Hall–Kier alpha value is -0.430. The highest BCUT2D eigenvalue weighted by Crippen LogP contribution is 2.65. The molecule has 0 aromatic rings. The molecular formula is C29H48N2O3S. The topological polar surface area (TPSA) is 67.4 Å². The summed E-state index contributed by atoms with van der Waals surface area (Å²) in [6.07, 6.45) is 13.6. The van der Waals surface area contributed by atoms with E-state index in [4.69, 9.17) is 4.74 Å². The van der Waals surface area contributed by atoms with E-state index in [2.05, 4.69) is 37.7 Å². The molecule has 198 valence electrons. The molecule has 1 unspecified atom stereocenters. The number of hydrogen-bond donors (Lipinski definition) is 2. The van der Waals surface area contributed by atoms with Gasteiger partial charge in [-0.1, -0.05) is 31.9 Å². The van der Waals surface area contributed by atoms with E-state index in [0.29, 0.717) is 35.3 Å². The first-order chi connectivity index (χ1) is 16.5. The molecule has 1 spiro atoms. The van der Waals surface area contributed by atoms with Crippen LogP contribution in [0.1, 0.15) is 91.9 Å². The van der Waals surface area contributed by atoms with E-state index in [1.807, 2.05) is 0 Å². The van der Waals surface area contributed by atoms with Crippen molar-refractivity contribution >= 4 is 10.0 Å². The van der Waals surface area contributed by atoms with Crippen LogP contribution in [0.4, 0.5) is 0 Å². The summed E-state index contributed by atoms with van der Waals surface area (Å²) in [7, 11) is -3.13. The van der Waals surface area contributed by atoms with Gasteiger partial charge in [0.25, 0.3) is 0 Å². The Bertz CT molecular complexity index is 994. The summed E-state index contributed by atoms with van der Waals surface area (Å²) in [4.78, 5) is 0. The first kappa shape index (κ1) is 24.9. The van der Waals surface area contributed by atoms with E-state index in [1.54, 1.807) is 11.1 Å². The predicted molar refractivity (Wildman–Crippen MR) is 140 cm³/mol. The van der Waals surface area contributed by atoms with Crippen molar-refractivity contribution in [2.45, 2.75) is 116 Å². The SMILES string of the molecule is CC1=C2C[C@H]3[C@@H](CC[C@@H]4C[C@@H](NS(C)(=O)=O)CC[C@@]43C)[C@@H]2CCC2(C1)O[C@@H]1C[C@H](C)CN[C@H]1[C@H]2C. The lowest BCUT2D eigenvalue weighted by Crippen LogP contribution is -2.50. The molecule has 0 bridgehead atoms. The highest BCUT2D eigenvalue weighted by atomic mass is 32.2. The molecule has 35 heavy (non-hydrogen) atoms. The molecule has 6 rings (SSSR count). The van der Waals surface area contributed by atoms with Crippen molar-refractivity contribution in [3.63, 3.8) is 0 Å². The molecule has 3 saturated carbocycles. The molecule has 0 amide bonds. The number of allylic oxidation sites excluding steroid dienone is 1. The number of sulfonamides is 1. The first-order valence-electron chi connectivity index (χ1n) is 14.6. The Labute approximate surface area is 213 Å². The lowest BCUT2D eigenvalue weighted by Gasteiger charge is -2.54. The molecule has 0 aromatic heterocycles. The van der Waals surface area contributed by atoms with E-state index in [9.17, 15) is 8.42 Å². The van der Waals surface area contributed by atoms with Crippen molar-refractivity contribution in [1.82, 2.24) is 10.0 Å². The van der Waals surface area contributed by atoms with Crippen molar-refractivity contribution in [2.75, 3.05) is 12.8 Å². The Morgan fingerprint density at radius 2 is 1.89 bits per heavy atom. The van der Waals surface area contributed by atoms with Crippen LogP contribution in [-0.2, 0) is 14.8 Å². The highest BCUT2D eigenvalue weighted by Gasteiger charge is 2.59. The zero-order valence-corrected chi connectivity index (χ0v) is 23.4. The third kappa shape index (κ3) is 4.08. The van der Waals surface area contributed by atoms with Crippen LogP contribution in [0.2, 0.25) is 0 Å². The van der Waals surface area contributed by atoms with Gasteiger partial charge in [-0.2, -0.15) is 0 Å². The highest BCUT2D eigenvalue weighted by molar-refractivity contribution is 7.88. The molecule has 2 N–H and O–H groups in total. The average molecular weight is 505 g/mol. The third-order valence-corrected chi connectivity index (χ3v) is 12.8. The van der Waals surface area contributed by atoms with Crippen molar-refractivity contribution in [1.29, 1.82) is 0 Å². The second-order valence-corrected chi connectivity index (χ2v) is 15.8. The quantitative estimate of drug-likeness (QED) is 0.518. The van der Waals surface area contributed by atoms with Gasteiger partial charge in [0.2, 0.25) is 10.0 Å². The second-order valence-electron chi connectivity index (χ2n) is 14.0. The first-order valence-corrected chi connectivity index (χ1v) is 16.5. The van der Waals surface area contributed by atoms with E-state index in [1.165, 1.54) is 51.2 Å². The van der Waals surface area contributed by atoms with Crippen LogP contribution in [0.25, 0.3) is 0 Å². The Morgan fingerprint density at radius 1 is 1.09 bits per heavy atom. The molecule has 0 radical (unpaired) electrons. The molecule has 6 aliphatic rings. The predicted octanol–water partition coefficient (Wildman–Crippen LogP) is 5.03. The summed E-state index contributed by atoms with van der Waals surface area (Å²) in [5, 5.41) is 3.85. The Kier molecular flexibility index (Phi) is 6.07. The fourth-order valence-electron chi connectivity index (χ4n) is 10.2. The Morgan fingerprint density at radius 3 is 2.66 bits per heavy atom. The average Bonchev–Trinajstić information content (AvgIpc) is 3.23. The van der Waals surface area contributed by atoms with Crippen molar-refractivity contribution in [3.8, 4) is 0 Å². The Balaban J connectivity index is 1.22. The van der Waals surface area contributed by atoms with Crippen LogP contribution >= 0.6 is 0 Å². The fourth-order valence-corrected chi connectivity index (χ4v) is 11.1. The summed E-state index contributed by atoms with van der Waals surface area (Å²) >= 11 is 0. The smallest absolute Gasteiger partial charge is 0.208 e. The zero-order chi connectivity index (χ0) is 24.8. The van der Waals surface area contributed by atoms with Crippen LogP contribution in [0.15, 0.2) is 11.1 Å². The number of nitrogens with one attached hydrogen (secondary N) is 2. The van der Waals surface area contributed by atoms with Gasteiger partial charge >= 0.3 is 0 Å². The molecule has 4 aliphatic carbocycles. The van der Waals surface area contributed by atoms with E-state index < -0.39 is 10.0 Å². The molecule has 5 nitrogen and oxygen atoms in total. The molecule has 6 heteroatoms. The van der Waals surface area contributed by atoms with Crippen LogP contribution in [0.3, 0.4) is 0 Å². The monoisotopic (exact) mass is 504 g/mol. The summed E-state index contributed by atoms with van der Waals surface area (Å²) in [5.41, 5.74) is 3.83. The maximum Gasteiger partial charge on any atom is 0.208 e. The zero-order valence-electron chi connectivity index (χ0n) is 22.6.